The summed E-state index contributed by atoms with van der Waals surface area (Å²) in [5.74, 6) is -0.272. The van der Waals surface area contributed by atoms with Gasteiger partial charge in [0.25, 0.3) is 0 Å². The van der Waals surface area contributed by atoms with Crippen molar-refractivity contribution in [2.45, 2.75) is 17.9 Å². The molecule has 1 nitrogen and oxygen atoms in total. The molecule has 2 aromatic carbocycles. The first-order valence-corrected chi connectivity index (χ1v) is 8.98. The molecule has 0 fully saturated rings. The summed E-state index contributed by atoms with van der Waals surface area (Å²) in [5.41, 5.74) is 1.58. The van der Waals surface area contributed by atoms with Gasteiger partial charge in [-0.2, -0.15) is 0 Å². The third kappa shape index (κ3) is 4.01. The second-order valence-corrected chi connectivity index (χ2v) is 6.69. The molecule has 0 saturated carbocycles. The summed E-state index contributed by atoms with van der Waals surface area (Å²) in [7, 11) is 0. The minimum atomic E-state index is -0.272. The molecule has 5 heteroatoms. The first-order chi connectivity index (χ1) is 10.1. The van der Waals surface area contributed by atoms with Gasteiger partial charge in [0.1, 0.15) is 5.82 Å². The molecule has 112 valence electrons. The van der Waals surface area contributed by atoms with Crippen LogP contribution >= 0.6 is 39.3 Å². The minimum absolute atomic E-state index is 0.212. The molecule has 1 atom stereocenters. The van der Waals surface area contributed by atoms with Crippen LogP contribution in [0.15, 0.2) is 45.8 Å². The van der Waals surface area contributed by atoms with Gasteiger partial charge in [-0.15, -0.1) is 11.8 Å². The molecule has 0 spiro atoms. The highest BCUT2D eigenvalue weighted by atomic mass is 79.9. The molecule has 2 rings (SSSR count). The Balaban J connectivity index is 2.44. The van der Waals surface area contributed by atoms with Gasteiger partial charge in [-0.1, -0.05) is 30.7 Å². The van der Waals surface area contributed by atoms with Crippen LogP contribution in [0.1, 0.15) is 24.1 Å². The first-order valence-electron chi connectivity index (χ1n) is 6.58. The van der Waals surface area contributed by atoms with E-state index < -0.39 is 0 Å². The topological polar surface area (TPSA) is 12.0 Å². The largest absolute Gasteiger partial charge is 0.306 e. The summed E-state index contributed by atoms with van der Waals surface area (Å²) in [6, 6.07) is 11.0. The maximum atomic E-state index is 14.3. The van der Waals surface area contributed by atoms with Gasteiger partial charge in [0.05, 0.1) is 11.1 Å². The van der Waals surface area contributed by atoms with E-state index >= 15 is 0 Å². The third-order valence-electron chi connectivity index (χ3n) is 3.21. The zero-order valence-electron chi connectivity index (χ0n) is 11.8. The fourth-order valence-electron chi connectivity index (χ4n) is 2.17. The van der Waals surface area contributed by atoms with Crippen molar-refractivity contribution >= 4 is 39.3 Å². The van der Waals surface area contributed by atoms with Crippen molar-refractivity contribution in [1.82, 2.24) is 5.32 Å². The lowest BCUT2D eigenvalue weighted by Crippen LogP contribution is -2.23. The van der Waals surface area contributed by atoms with E-state index in [1.165, 1.54) is 11.0 Å². The number of halogens is 3. The number of nitrogens with one attached hydrogen (secondary N) is 1. The van der Waals surface area contributed by atoms with Crippen LogP contribution in [0.3, 0.4) is 0 Å². The van der Waals surface area contributed by atoms with E-state index in [1.807, 2.05) is 37.4 Å². The molecule has 0 amide bonds. The van der Waals surface area contributed by atoms with Gasteiger partial charge in [0, 0.05) is 14.9 Å². The number of rotatable bonds is 5. The van der Waals surface area contributed by atoms with E-state index in [9.17, 15) is 4.39 Å². The van der Waals surface area contributed by atoms with Gasteiger partial charge in [-0.25, -0.2) is 4.39 Å². The Morgan fingerprint density at radius 3 is 2.52 bits per heavy atom. The molecule has 0 aliphatic rings. The van der Waals surface area contributed by atoms with Crippen LogP contribution in [0.4, 0.5) is 4.39 Å². The van der Waals surface area contributed by atoms with Crippen molar-refractivity contribution in [3.05, 3.63) is 62.8 Å². The average Bonchev–Trinajstić information content (AvgIpc) is 2.49. The Kier molecular flexibility index (Phi) is 6.11. The molecule has 21 heavy (non-hydrogen) atoms. The second kappa shape index (κ2) is 7.63. The molecule has 0 aromatic heterocycles. The van der Waals surface area contributed by atoms with Gasteiger partial charge in [0.15, 0.2) is 0 Å². The number of hydrogen-bond donors (Lipinski definition) is 1. The van der Waals surface area contributed by atoms with Crippen molar-refractivity contribution in [3.8, 4) is 0 Å². The van der Waals surface area contributed by atoms with E-state index in [2.05, 4.69) is 21.2 Å². The fourth-order valence-corrected chi connectivity index (χ4v) is 3.06. The maximum absolute atomic E-state index is 14.3. The highest BCUT2D eigenvalue weighted by Gasteiger charge is 2.18. The van der Waals surface area contributed by atoms with Crippen molar-refractivity contribution in [2.75, 3.05) is 12.8 Å². The van der Waals surface area contributed by atoms with Crippen LogP contribution < -0.4 is 5.32 Å². The number of hydrogen-bond acceptors (Lipinski definition) is 2. The second-order valence-electron chi connectivity index (χ2n) is 4.55. The fraction of sp³-hybridized carbons (Fsp3) is 0.250. The summed E-state index contributed by atoms with van der Waals surface area (Å²) < 4.78 is 14.9. The van der Waals surface area contributed by atoms with Crippen LogP contribution in [-0.4, -0.2) is 12.8 Å². The Labute approximate surface area is 142 Å². The maximum Gasteiger partial charge on any atom is 0.129 e. The van der Waals surface area contributed by atoms with Crippen LogP contribution in [-0.2, 0) is 0 Å². The monoisotopic (exact) mass is 387 g/mol. The van der Waals surface area contributed by atoms with Gasteiger partial charge in [0.2, 0.25) is 0 Å². The van der Waals surface area contributed by atoms with E-state index in [0.717, 1.165) is 12.1 Å². The smallest absolute Gasteiger partial charge is 0.129 e. The van der Waals surface area contributed by atoms with Crippen molar-refractivity contribution in [1.29, 1.82) is 0 Å². The van der Waals surface area contributed by atoms with E-state index in [-0.39, 0.29) is 11.9 Å². The predicted molar refractivity (Wildman–Crippen MR) is 92.9 cm³/mol. The summed E-state index contributed by atoms with van der Waals surface area (Å²) >= 11 is 11.1. The highest BCUT2D eigenvalue weighted by Crippen LogP contribution is 2.32. The Morgan fingerprint density at radius 1 is 1.29 bits per heavy atom. The highest BCUT2D eigenvalue weighted by molar-refractivity contribution is 9.10. The summed E-state index contributed by atoms with van der Waals surface area (Å²) in [6.45, 7) is 2.74. The molecule has 0 radical (unpaired) electrons. The SMILES string of the molecule is CCNC(c1ccc(SC)cc1)c1cc(Cl)c(Br)cc1F. The van der Waals surface area contributed by atoms with Crippen LogP contribution in [0.25, 0.3) is 0 Å². The Morgan fingerprint density at radius 2 is 1.95 bits per heavy atom. The summed E-state index contributed by atoms with van der Waals surface area (Å²) in [6.07, 6.45) is 2.03. The Hall–Kier alpha value is -0.550. The van der Waals surface area contributed by atoms with Gasteiger partial charge < -0.3 is 5.32 Å². The molecule has 0 aliphatic carbocycles. The molecule has 0 heterocycles. The lowest BCUT2D eigenvalue weighted by atomic mass is 9.98. The zero-order valence-corrected chi connectivity index (χ0v) is 14.9. The standard InChI is InChI=1S/C16H16BrClFNS/c1-3-20-16(10-4-6-11(21-2)7-5-10)12-8-14(18)13(17)9-15(12)19/h4-9,16,20H,3H2,1-2H3. The van der Waals surface area contributed by atoms with Crippen molar-refractivity contribution in [3.63, 3.8) is 0 Å². The van der Waals surface area contributed by atoms with Crippen molar-refractivity contribution in [2.24, 2.45) is 0 Å². The Bertz CT molecular complexity index is 618. The zero-order chi connectivity index (χ0) is 15.4. The van der Waals surface area contributed by atoms with Gasteiger partial charge >= 0.3 is 0 Å². The number of thioether (sulfide) groups is 1. The third-order valence-corrected chi connectivity index (χ3v) is 5.15. The predicted octanol–water partition coefficient (Wildman–Crippen LogP) is 5.66. The molecule has 2 aromatic rings. The summed E-state index contributed by atoms with van der Waals surface area (Å²) in [4.78, 5) is 1.18. The average molecular weight is 389 g/mol. The molecule has 1 unspecified atom stereocenters. The van der Waals surface area contributed by atoms with E-state index in [1.54, 1.807) is 17.8 Å². The van der Waals surface area contributed by atoms with E-state index in [4.69, 9.17) is 11.6 Å². The minimum Gasteiger partial charge on any atom is -0.306 e. The van der Waals surface area contributed by atoms with E-state index in [0.29, 0.717) is 15.1 Å². The van der Waals surface area contributed by atoms with Crippen LogP contribution in [0.2, 0.25) is 5.02 Å². The lowest BCUT2D eigenvalue weighted by molar-refractivity contribution is 0.558. The molecular weight excluding hydrogens is 373 g/mol. The first kappa shape index (κ1) is 16.8. The quantitative estimate of drug-likeness (QED) is 0.524. The number of benzene rings is 2. The molecule has 1 N–H and O–H groups in total. The lowest BCUT2D eigenvalue weighted by Gasteiger charge is -2.20. The van der Waals surface area contributed by atoms with Crippen LogP contribution in [0.5, 0.6) is 0 Å². The van der Waals surface area contributed by atoms with Gasteiger partial charge in [-0.05, 0) is 58.6 Å². The molecule has 0 aliphatic heterocycles. The molecule has 0 saturated heterocycles. The van der Waals surface area contributed by atoms with Crippen LogP contribution in [0, 0.1) is 5.82 Å². The van der Waals surface area contributed by atoms with Gasteiger partial charge in [-0.3, -0.25) is 0 Å². The summed E-state index contributed by atoms with van der Waals surface area (Å²) in [5, 5.41) is 3.83. The normalized spacial score (nSPS) is 12.4. The molecular formula is C16H16BrClFNS. The van der Waals surface area contributed by atoms with Crippen molar-refractivity contribution < 1.29 is 4.39 Å². The molecule has 0 bridgehead atoms.